The second-order valence-corrected chi connectivity index (χ2v) is 6.78. The number of nitrogens with zero attached hydrogens (tertiary/aromatic N) is 3. The van der Waals surface area contributed by atoms with E-state index in [0.717, 1.165) is 12.8 Å². The predicted octanol–water partition coefficient (Wildman–Crippen LogP) is 3.19. The second-order valence-electron chi connectivity index (χ2n) is 5.78. The van der Waals surface area contributed by atoms with E-state index >= 15 is 0 Å². The van der Waals surface area contributed by atoms with Crippen LogP contribution >= 0.6 is 11.3 Å². The number of thiophene rings is 1. The van der Waals surface area contributed by atoms with Crippen LogP contribution in [-0.4, -0.2) is 20.9 Å². The molecule has 4 rings (SSSR count). The van der Waals surface area contributed by atoms with Crippen molar-refractivity contribution in [3.63, 3.8) is 0 Å². The van der Waals surface area contributed by atoms with Gasteiger partial charge in [0, 0.05) is 4.88 Å². The third-order valence-corrected chi connectivity index (χ3v) is 5.30. The maximum Gasteiger partial charge on any atom is 0.274 e. The molecule has 1 amide bonds. The summed E-state index contributed by atoms with van der Waals surface area (Å²) in [6, 6.07) is 8.02. The molecule has 2 aromatic heterocycles. The second kappa shape index (κ2) is 5.83. The number of rotatable bonds is 3. The van der Waals surface area contributed by atoms with E-state index in [9.17, 15) is 9.18 Å². The highest BCUT2D eigenvalue weighted by molar-refractivity contribution is 7.10. The zero-order chi connectivity index (χ0) is 16.7. The molecule has 0 spiro atoms. The molecule has 0 radical (unpaired) electrons. The SMILES string of the molecule is Cc1c(C(=O)NC2CCc3sccc32)nnn1-c1ccc(F)cc1. The van der Waals surface area contributed by atoms with Gasteiger partial charge in [0.25, 0.3) is 5.91 Å². The molecule has 0 saturated heterocycles. The van der Waals surface area contributed by atoms with Crippen LogP contribution in [0, 0.1) is 12.7 Å². The summed E-state index contributed by atoms with van der Waals surface area (Å²) in [4.78, 5) is 13.9. The molecule has 122 valence electrons. The van der Waals surface area contributed by atoms with Gasteiger partial charge in [0.15, 0.2) is 5.69 Å². The monoisotopic (exact) mass is 342 g/mol. The molecule has 0 aliphatic heterocycles. The predicted molar refractivity (Wildman–Crippen MR) is 88.9 cm³/mol. The molecule has 1 aromatic carbocycles. The van der Waals surface area contributed by atoms with Crippen LogP contribution in [0.5, 0.6) is 0 Å². The van der Waals surface area contributed by atoms with Crippen molar-refractivity contribution in [1.82, 2.24) is 20.3 Å². The van der Waals surface area contributed by atoms with Crippen molar-refractivity contribution in [2.45, 2.75) is 25.8 Å². The molecule has 0 bridgehead atoms. The Morgan fingerprint density at radius 2 is 2.12 bits per heavy atom. The minimum Gasteiger partial charge on any atom is -0.344 e. The third-order valence-electron chi connectivity index (χ3n) is 4.30. The van der Waals surface area contributed by atoms with E-state index in [2.05, 4.69) is 27.1 Å². The average molecular weight is 342 g/mol. The van der Waals surface area contributed by atoms with Crippen molar-refractivity contribution in [1.29, 1.82) is 0 Å². The Kier molecular flexibility index (Phi) is 3.65. The fourth-order valence-corrected chi connectivity index (χ4v) is 4.00. The average Bonchev–Trinajstić information content (AvgIpc) is 3.26. The summed E-state index contributed by atoms with van der Waals surface area (Å²) in [7, 11) is 0. The van der Waals surface area contributed by atoms with Gasteiger partial charge in [-0.25, -0.2) is 9.07 Å². The maximum absolute atomic E-state index is 13.0. The molecule has 0 saturated carbocycles. The molecule has 3 aromatic rings. The number of carbonyl (C=O) groups is 1. The summed E-state index contributed by atoms with van der Waals surface area (Å²) in [5.41, 5.74) is 2.80. The number of halogens is 1. The lowest BCUT2D eigenvalue weighted by Gasteiger charge is -2.12. The first-order valence-corrected chi connectivity index (χ1v) is 8.57. The Morgan fingerprint density at radius 1 is 1.33 bits per heavy atom. The van der Waals surface area contributed by atoms with Gasteiger partial charge < -0.3 is 5.32 Å². The Morgan fingerprint density at radius 3 is 2.92 bits per heavy atom. The van der Waals surface area contributed by atoms with E-state index in [4.69, 9.17) is 0 Å². The highest BCUT2D eigenvalue weighted by Crippen LogP contribution is 2.34. The van der Waals surface area contributed by atoms with E-state index in [1.807, 2.05) is 0 Å². The fourth-order valence-electron chi connectivity index (χ4n) is 3.04. The van der Waals surface area contributed by atoms with Crippen LogP contribution in [0.4, 0.5) is 4.39 Å². The van der Waals surface area contributed by atoms with Gasteiger partial charge in [0.05, 0.1) is 17.4 Å². The van der Waals surface area contributed by atoms with Gasteiger partial charge in [0.2, 0.25) is 0 Å². The van der Waals surface area contributed by atoms with Gasteiger partial charge >= 0.3 is 0 Å². The molecular weight excluding hydrogens is 327 g/mol. The number of hydrogen-bond acceptors (Lipinski definition) is 4. The number of carbonyl (C=O) groups excluding carboxylic acids is 1. The van der Waals surface area contributed by atoms with E-state index in [1.54, 1.807) is 35.1 Å². The zero-order valence-electron chi connectivity index (χ0n) is 13.0. The Balaban J connectivity index is 1.57. The summed E-state index contributed by atoms with van der Waals surface area (Å²) in [5, 5.41) is 13.1. The summed E-state index contributed by atoms with van der Waals surface area (Å²) in [6.45, 7) is 1.78. The lowest BCUT2D eigenvalue weighted by Crippen LogP contribution is -2.28. The number of amides is 1. The van der Waals surface area contributed by atoms with E-state index in [-0.39, 0.29) is 17.8 Å². The number of hydrogen-bond donors (Lipinski definition) is 1. The lowest BCUT2D eigenvalue weighted by molar-refractivity contribution is 0.0931. The summed E-state index contributed by atoms with van der Waals surface area (Å²) in [6.07, 6.45) is 1.91. The smallest absolute Gasteiger partial charge is 0.274 e. The first-order chi connectivity index (χ1) is 11.6. The van der Waals surface area contributed by atoms with Crippen molar-refractivity contribution < 1.29 is 9.18 Å². The van der Waals surface area contributed by atoms with Gasteiger partial charge in [-0.05, 0) is 61.0 Å². The highest BCUT2D eigenvalue weighted by Gasteiger charge is 2.27. The van der Waals surface area contributed by atoms with Crippen LogP contribution in [0.2, 0.25) is 0 Å². The van der Waals surface area contributed by atoms with Crippen molar-refractivity contribution in [3.8, 4) is 5.69 Å². The fraction of sp³-hybridized carbons (Fsp3) is 0.235. The molecule has 24 heavy (non-hydrogen) atoms. The molecule has 5 nitrogen and oxygen atoms in total. The van der Waals surface area contributed by atoms with E-state index in [0.29, 0.717) is 17.1 Å². The molecule has 1 aliphatic carbocycles. The molecule has 1 aliphatic rings. The van der Waals surface area contributed by atoms with Gasteiger partial charge in [-0.3, -0.25) is 4.79 Å². The first-order valence-electron chi connectivity index (χ1n) is 7.69. The molecule has 7 heteroatoms. The number of fused-ring (bicyclic) bond motifs is 1. The number of aryl methyl sites for hydroxylation is 1. The zero-order valence-corrected chi connectivity index (χ0v) is 13.8. The largest absolute Gasteiger partial charge is 0.344 e. The van der Waals surface area contributed by atoms with E-state index in [1.165, 1.54) is 22.6 Å². The number of benzene rings is 1. The van der Waals surface area contributed by atoms with Crippen molar-refractivity contribution in [2.24, 2.45) is 0 Å². The molecule has 1 unspecified atom stereocenters. The third kappa shape index (κ3) is 2.50. The first kappa shape index (κ1) is 15.0. The quantitative estimate of drug-likeness (QED) is 0.795. The number of nitrogens with one attached hydrogen (secondary N) is 1. The topological polar surface area (TPSA) is 59.8 Å². The van der Waals surface area contributed by atoms with Crippen molar-refractivity contribution in [3.05, 3.63) is 63.4 Å². The summed E-state index contributed by atoms with van der Waals surface area (Å²) < 4.78 is 14.6. The van der Waals surface area contributed by atoms with Crippen LogP contribution in [0.15, 0.2) is 35.7 Å². The highest BCUT2D eigenvalue weighted by atomic mass is 32.1. The van der Waals surface area contributed by atoms with Crippen LogP contribution in [0.25, 0.3) is 5.69 Å². The normalized spacial score (nSPS) is 16.2. The van der Waals surface area contributed by atoms with Gasteiger partial charge in [-0.1, -0.05) is 5.21 Å². The standard InChI is InChI=1S/C17H15FN4OS/c1-10-16(20-21-22(10)12-4-2-11(18)3-5-12)17(23)19-14-6-7-15-13(14)8-9-24-15/h2-5,8-9,14H,6-7H2,1H3,(H,19,23). The van der Waals surface area contributed by atoms with Crippen molar-refractivity contribution >= 4 is 17.2 Å². The molecule has 0 fully saturated rings. The van der Waals surface area contributed by atoms with Crippen LogP contribution in [-0.2, 0) is 6.42 Å². The number of aromatic nitrogens is 3. The summed E-state index contributed by atoms with van der Waals surface area (Å²) in [5.74, 6) is -0.549. The Labute approximate surface area is 142 Å². The van der Waals surface area contributed by atoms with E-state index < -0.39 is 0 Å². The Bertz CT molecular complexity index is 900. The van der Waals surface area contributed by atoms with Crippen LogP contribution < -0.4 is 5.32 Å². The van der Waals surface area contributed by atoms with Crippen LogP contribution in [0.3, 0.4) is 0 Å². The maximum atomic E-state index is 13.0. The minimum absolute atomic E-state index is 0.0362. The molecule has 1 N–H and O–H groups in total. The lowest BCUT2D eigenvalue weighted by atomic mass is 10.1. The van der Waals surface area contributed by atoms with Gasteiger partial charge in [-0.2, -0.15) is 0 Å². The van der Waals surface area contributed by atoms with Gasteiger partial charge in [0.1, 0.15) is 5.82 Å². The van der Waals surface area contributed by atoms with Crippen molar-refractivity contribution in [2.75, 3.05) is 0 Å². The molecule has 1 atom stereocenters. The summed E-state index contributed by atoms with van der Waals surface area (Å²) >= 11 is 1.73. The van der Waals surface area contributed by atoms with Crippen LogP contribution in [0.1, 0.15) is 39.1 Å². The van der Waals surface area contributed by atoms with Gasteiger partial charge in [-0.15, -0.1) is 16.4 Å². The molecule has 2 heterocycles. The minimum atomic E-state index is -0.317. The molecular formula is C17H15FN4OS. The Hall–Kier alpha value is -2.54.